The molecule has 3 nitrogen and oxygen atoms in total. The van der Waals surface area contributed by atoms with Gasteiger partial charge in [-0.3, -0.25) is 4.90 Å². The van der Waals surface area contributed by atoms with E-state index in [-0.39, 0.29) is 0 Å². The van der Waals surface area contributed by atoms with Crippen molar-refractivity contribution in [1.82, 2.24) is 9.80 Å². The fourth-order valence-electron chi connectivity index (χ4n) is 2.37. The number of likely N-dealkylation sites (tertiary alicyclic amines) is 1. The molecule has 1 unspecified atom stereocenters. The van der Waals surface area contributed by atoms with Gasteiger partial charge in [-0.1, -0.05) is 13.8 Å². The van der Waals surface area contributed by atoms with E-state index in [2.05, 4.69) is 18.7 Å². The van der Waals surface area contributed by atoms with Gasteiger partial charge in [0.2, 0.25) is 0 Å². The largest absolute Gasteiger partial charge is 0.388 e. The molecule has 1 rings (SSSR count). The van der Waals surface area contributed by atoms with Crippen molar-refractivity contribution in [3.8, 4) is 0 Å². The average Bonchev–Trinajstić information content (AvgIpc) is 1.92. The summed E-state index contributed by atoms with van der Waals surface area (Å²) in [5.74, 6) is 1.61. The third-order valence-corrected chi connectivity index (χ3v) is 3.15. The topological polar surface area (TPSA) is 26.7 Å². The smallest absolute Gasteiger partial charge is 0.0871 e. The van der Waals surface area contributed by atoms with Crippen LogP contribution in [-0.2, 0) is 0 Å². The first kappa shape index (κ1) is 12.9. The molecule has 1 heterocycles. The van der Waals surface area contributed by atoms with Crippen LogP contribution in [0.15, 0.2) is 0 Å². The van der Waals surface area contributed by atoms with E-state index >= 15 is 0 Å². The number of rotatable bonds is 5. The van der Waals surface area contributed by atoms with E-state index in [0.717, 1.165) is 38.0 Å². The van der Waals surface area contributed by atoms with Crippen molar-refractivity contribution >= 4 is 0 Å². The lowest BCUT2D eigenvalue weighted by molar-refractivity contribution is -0.0399. The Labute approximate surface area is 94.1 Å². The molecule has 1 atom stereocenters. The molecule has 0 aromatic rings. The molecular weight excluding hydrogens is 188 g/mol. The summed E-state index contributed by atoms with van der Waals surface area (Å²) < 4.78 is 0. The minimum Gasteiger partial charge on any atom is -0.388 e. The van der Waals surface area contributed by atoms with Crippen LogP contribution in [0, 0.1) is 11.8 Å². The Morgan fingerprint density at radius 1 is 1.40 bits per heavy atom. The van der Waals surface area contributed by atoms with Gasteiger partial charge in [0, 0.05) is 26.2 Å². The van der Waals surface area contributed by atoms with Crippen molar-refractivity contribution in [3.63, 3.8) is 0 Å². The Morgan fingerprint density at radius 3 is 2.33 bits per heavy atom. The van der Waals surface area contributed by atoms with E-state index in [1.807, 2.05) is 25.9 Å². The Bertz CT molecular complexity index is 196. The van der Waals surface area contributed by atoms with E-state index in [9.17, 15) is 5.11 Å². The summed E-state index contributed by atoms with van der Waals surface area (Å²) in [7, 11) is 4.00. The van der Waals surface area contributed by atoms with E-state index in [4.69, 9.17) is 0 Å². The normalized spacial score (nSPS) is 23.2. The second kappa shape index (κ2) is 4.81. The van der Waals surface area contributed by atoms with Gasteiger partial charge in [-0.2, -0.15) is 0 Å². The van der Waals surface area contributed by atoms with Gasteiger partial charge in [0.15, 0.2) is 0 Å². The highest BCUT2D eigenvalue weighted by molar-refractivity contribution is 4.88. The molecule has 0 aromatic carbocycles. The molecule has 0 amide bonds. The molecule has 0 spiro atoms. The highest BCUT2D eigenvalue weighted by Crippen LogP contribution is 2.24. The maximum absolute atomic E-state index is 10.2. The Balaban J connectivity index is 2.26. The van der Waals surface area contributed by atoms with Crippen molar-refractivity contribution < 1.29 is 5.11 Å². The summed E-state index contributed by atoms with van der Waals surface area (Å²) in [6, 6.07) is 0. The molecule has 0 radical (unpaired) electrons. The van der Waals surface area contributed by atoms with Crippen LogP contribution in [-0.4, -0.2) is 60.8 Å². The van der Waals surface area contributed by atoms with Gasteiger partial charge in [0.1, 0.15) is 0 Å². The van der Waals surface area contributed by atoms with Crippen LogP contribution in [0.25, 0.3) is 0 Å². The lowest BCUT2D eigenvalue weighted by Crippen LogP contribution is -2.56. The molecule has 1 fully saturated rings. The maximum atomic E-state index is 10.2. The highest BCUT2D eigenvalue weighted by atomic mass is 16.3. The zero-order valence-corrected chi connectivity index (χ0v) is 10.8. The summed E-state index contributed by atoms with van der Waals surface area (Å²) in [4.78, 5) is 4.40. The summed E-state index contributed by atoms with van der Waals surface area (Å²) in [5.41, 5.74) is -0.578. The van der Waals surface area contributed by atoms with E-state index in [1.165, 1.54) is 0 Å². The molecule has 1 saturated heterocycles. The number of aliphatic hydroxyl groups is 1. The van der Waals surface area contributed by atoms with Crippen LogP contribution >= 0.6 is 0 Å². The van der Waals surface area contributed by atoms with Gasteiger partial charge in [-0.25, -0.2) is 0 Å². The van der Waals surface area contributed by atoms with E-state index < -0.39 is 5.60 Å². The molecule has 1 aliphatic rings. The summed E-state index contributed by atoms with van der Waals surface area (Å²) in [6.45, 7) is 10.3. The molecule has 0 aromatic heterocycles. The first-order valence-corrected chi connectivity index (χ1v) is 5.89. The SMILES string of the molecule is CC(C)C1CN(CC(C)(O)CN(C)C)C1. The number of likely N-dealkylation sites (N-methyl/N-ethyl adjacent to an activating group) is 1. The lowest BCUT2D eigenvalue weighted by Gasteiger charge is -2.45. The first-order valence-electron chi connectivity index (χ1n) is 5.89. The molecular formula is C12H26N2O. The second-order valence-electron chi connectivity index (χ2n) is 5.93. The predicted molar refractivity (Wildman–Crippen MR) is 63.9 cm³/mol. The van der Waals surface area contributed by atoms with Gasteiger partial charge in [-0.15, -0.1) is 0 Å². The molecule has 1 N–H and O–H groups in total. The van der Waals surface area contributed by atoms with Crippen LogP contribution < -0.4 is 0 Å². The third-order valence-electron chi connectivity index (χ3n) is 3.15. The van der Waals surface area contributed by atoms with Crippen LogP contribution in [0.4, 0.5) is 0 Å². The van der Waals surface area contributed by atoms with Crippen LogP contribution in [0.5, 0.6) is 0 Å². The minimum absolute atomic E-state index is 0.578. The van der Waals surface area contributed by atoms with Crippen molar-refractivity contribution in [3.05, 3.63) is 0 Å². The van der Waals surface area contributed by atoms with Crippen LogP contribution in [0.2, 0.25) is 0 Å². The van der Waals surface area contributed by atoms with Gasteiger partial charge in [0.05, 0.1) is 5.60 Å². The van der Waals surface area contributed by atoms with Gasteiger partial charge in [-0.05, 0) is 32.9 Å². The quantitative estimate of drug-likeness (QED) is 0.736. The maximum Gasteiger partial charge on any atom is 0.0871 e. The van der Waals surface area contributed by atoms with E-state index in [1.54, 1.807) is 0 Å². The minimum atomic E-state index is -0.578. The average molecular weight is 214 g/mol. The zero-order chi connectivity index (χ0) is 11.6. The Morgan fingerprint density at radius 2 is 1.93 bits per heavy atom. The van der Waals surface area contributed by atoms with Gasteiger partial charge in [0.25, 0.3) is 0 Å². The lowest BCUT2D eigenvalue weighted by atomic mass is 9.87. The molecule has 0 bridgehead atoms. The van der Waals surface area contributed by atoms with Gasteiger partial charge < -0.3 is 10.0 Å². The molecule has 0 saturated carbocycles. The van der Waals surface area contributed by atoms with Crippen LogP contribution in [0.1, 0.15) is 20.8 Å². The van der Waals surface area contributed by atoms with E-state index in [0.29, 0.717) is 0 Å². The second-order valence-corrected chi connectivity index (χ2v) is 5.93. The first-order chi connectivity index (χ1) is 6.80. The summed E-state index contributed by atoms with van der Waals surface area (Å²) in [6.07, 6.45) is 0. The van der Waals surface area contributed by atoms with Crippen molar-refractivity contribution in [2.75, 3.05) is 40.3 Å². The highest BCUT2D eigenvalue weighted by Gasteiger charge is 2.33. The van der Waals surface area contributed by atoms with Gasteiger partial charge >= 0.3 is 0 Å². The molecule has 90 valence electrons. The van der Waals surface area contributed by atoms with Crippen molar-refractivity contribution in [2.45, 2.75) is 26.4 Å². The standard InChI is InChI=1S/C12H26N2O/c1-10(2)11-6-14(7-11)9-12(3,15)8-13(4)5/h10-11,15H,6-9H2,1-5H3. The summed E-state index contributed by atoms with van der Waals surface area (Å²) >= 11 is 0. The number of hydrogen-bond acceptors (Lipinski definition) is 3. The third kappa shape index (κ3) is 4.09. The number of hydrogen-bond donors (Lipinski definition) is 1. The molecule has 3 heteroatoms. The predicted octanol–water partition coefficient (Wildman–Crippen LogP) is 0.887. The molecule has 0 aliphatic carbocycles. The number of β-amino-alcohol motifs (C(OH)–C–C–N with tert-alkyl or cyclic N) is 1. The fraction of sp³-hybridized carbons (Fsp3) is 1.00. The summed E-state index contributed by atoms with van der Waals surface area (Å²) in [5, 5.41) is 10.2. The Kier molecular flexibility index (Phi) is 4.15. The van der Waals surface area contributed by atoms with Crippen molar-refractivity contribution in [2.24, 2.45) is 11.8 Å². The monoisotopic (exact) mass is 214 g/mol. The number of nitrogens with zero attached hydrogens (tertiary/aromatic N) is 2. The van der Waals surface area contributed by atoms with Crippen LogP contribution in [0.3, 0.4) is 0 Å². The fourth-order valence-corrected chi connectivity index (χ4v) is 2.37. The molecule has 15 heavy (non-hydrogen) atoms. The zero-order valence-electron chi connectivity index (χ0n) is 10.8. The molecule has 1 aliphatic heterocycles. The Hall–Kier alpha value is -0.120. The van der Waals surface area contributed by atoms with Crippen molar-refractivity contribution in [1.29, 1.82) is 0 Å².